The van der Waals surface area contributed by atoms with Gasteiger partial charge in [-0.05, 0) is 12.8 Å². The molecule has 0 radical (unpaired) electrons. The molecule has 110 valence electrons. The van der Waals surface area contributed by atoms with Crippen molar-refractivity contribution in [3.05, 3.63) is 24.3 Å². The van der Waals surface area contributed by atoms with Crippen molar-refractivity contribution < 1.29 is 13.2 Å². The first kappa shape index (κ1) is 14.9. The fourth-order valence-corrected chi connectivity index (χ4v) is 3.41. The van der Waals surface area contributed by atoms with Crippen LogP contribution >= 0.6 is 0 Å². The monoisotopic (exact) mass is 298 g/mol. The van der Waals surface area contributed by atoms with Crippen LogP contribution in [0.5, 0.6) is 0 Å². The fourth-order valence-electron chi connectivity index (χ4n) is 2.29. The van der Waals surface area contributed by atoms with Gasteiger partial charge >= 0.3 is 0 Å². The standard InChI is InChI=1S/C12H18N4O3S/c1-20(18,19)16-8-2-3-11(16)12(17)15-5-4-10-9-13-6-7-14-10/h6-7,9,11H,2-5,8H2,1H3,(H,15,17)/t11-/m0/s1. The number of hydrogen-bond acceptors (Lipinski definition) is 5. The number of rotatable bonds is 5. The molecule has 7 nitrogen and oxygen atoms in total. The van der Waals surface area contributed by atoms with Crippen LogP contribution in [0.25, 0.3) is 0 Å². The van der Waals surface area contributed by atoms with Crippen molar-refractivity contribution in [2.24, 2.45) is 0 Å². The molecule has 20 heavy (non-hydrogen) atoms. The van der Waals surface area contributed by atoms with Gasteiger partial charge in [-0.15, -0.1) is 0 Å². The number of nitrogens with zero attached hydrogens (tertiary/aromatic N) is 3. The van der Waals surface area contributed by atoms with Crippen LogP contribution in [-0.2, 0) is 21.2 Å². The Morgan fingerprint density at radius 3 is 2.95 bits per heavy atom. The van der Waals surface area contributed by atoms with Crippen LogP contribution in [-0.4, -0.2) is 54.0 Å². The van der Waals surface area contributed by atoms with Crippen molar-refractivity contribution in [1.29, 1.82) is 0 Å². The van der Waals surface area contributed by atoms with Crippen LogP contribution in [0.2, 0.25) is 0 Å². The highest BCUT2D eigenvalue weighted by Gasteiger charge is 2.36. The fraction of sp³-hybridized carbons (Fsp3) is 0.583. The van der Waals surface area contributed by atoms with Crippen LogP contribution in [0.3, 0.4) is 0 Å². The Balaban J connectivity index is 1.86. The second-order valence-electron chi connectivity index (χ2n) is 4.77. The Kier molecular flexibility index (Phi) is 4.66. The van der Waals surface area contributed by atoms with Gasteiger partial charge in [0.25, 0.3) is 0 Å². The molecule has 1 saturated heterocycles. The van der Waals surface area contributed by atoms with E-state index in [1.807, 2.05) is 0 Å². The number of nitrogens with one attached hydrogen (secondary N) is 1. The van der Waals surface area contributed by atoms with Gasteiger partial charge in [0.15, 0.2) is 0 Å². The number of aromatic nitrogens is 2. The van der Waals surface area contributed by atoms with Crippen molar-refractivity contribution in [2.45, 2.75) is 25.3 Å². The molecule has 1 aliphatic rings. The molecule has 0 bridgehead atoms. The van der Waals surface area contributed by atoms with Crippen LogP contribution in [0.4, 0.5) is 0 Å². The molecule has 1 fully saturated rings. The molecular formula is C12H18N4O3S. The Hall–Kier alpha value is -1.54. The summed E-state index contributed by atoms with van der Waals surface area (Å²) in [7, 11) is -3.32. The van der Waals surface area contributed by atoms with Crippen molar-refractivity contribution in [3.63, 3.8) is 0 Å². The van der Waals surface area contributed by atoms with E-state index >= 15 is 0 Å². The highest BCUT2D eigenvalue weighted by atomic mass is 32.2. The van der Waals surface area contributed by atoms with Gasteiger partial charge in [-0.3, -0.25) is 14.8 Å². The molecular weight excluding hydrogens is 280 g/mol. The van der Waals surface area contributed by atoms with E-state index in [0.29, 0.717) is 25.9 Å². The van der Waals surface area contributed by atoms with Crippen molar-refractivity contribution in [3.8, 4) is 0 Å². The maximum atomic E-state index is 12.0. The molecule has 0 unspecified atom stereocenters. The first-order valence-corrected chi connectivity index (χ1v) is 8.33. The highest BCUT2D eigenvalue weighted by molar-refractivity contribution is 7.88. The Bertz CT molecular complexity index is 561. The summed E-state index contributed by atoms with van der Waals surface area (Å²) in [5.41, 5.74) is 0.791. The van der Waals surface area contributed by atoms with E-state index in [-0.39, 0.29) is 5.91 Å². The van der Waals surface area contributed by atoms with Gasteiger partial charge in [0.1, 0.15) is 6.04 Å². The highest BCUT2D eigenvalue weighted by Crippen LogP contribution is 2.20. The number of sulfonamides is 1. The first-order chi connectivity index (χ1) is 9.48. The van der Waals surface area contributed by atoms with Crippen molar-refractivity contribution >= 4 is 15.9 Å². The topological polar surface area (TPSA) is 92.3 Å². The smallest absolute Gasteiger partial charge is 0.238 e. The maximum Gasteiger partial charge on any atom is 0.238 e. The molecule has 1 atom stereocenters. The summed E-state index contributed by atoms with van der Waals surface area (Å²) in [5.74, 6) is -0.239. The zero-order valence-corrected chi connectivity index (χ0v) is 12.1. The normalized spacial score (nSPS) is 19.9. The lowest BCUT2D eigenvalue weighted by atomic mass is 10.2. The first-order valence-electron chi connectivity index (χ1n) is 6.48. The lowest BCUT2D eigenvalue weighted by Gasteiger charge is -2.21. The van der Waals surface area contributed by atoms with Crippen molar-refractivity contribution in [2.75, 3.05) is 19.3 Å². The lowest BCUT2D eigenvalue weighted by molar-refractivity contribution is -0.124. The van der Waals surface area contributed by atoms with Gasteiger partial charge in [0, 0.05) is 38.1 Å². The third kappa shape index (κ3) is 3.73. The van der Waals surface area contributed by atoms with E-state index in [4.69, 9.17) is 0 Å². The quantitative estimate of drug-likeness (QED) is 0.795. The third-order valence-corrected chi connectivity index (χ3v) is 4.52. The minimum absolute atomic E-state index is 0.239. The molecule has 2 heterocycles. The third-order valence-electron chi connectivity index (χ3n) is 3.23. The van der Waals surface area contributed by atoms with Crippen LogP contribution in [0, 0.1) is 0 Å². The number of carbonyl (C=O) groups excluding carboxylic acids is 1. The van der Waals surface area contributed by atoms with E-state index in [9.17, 15) is 13.2 Å². The minimum atomic E-state index is -3.32. The summed E-state index contributed by atoms with van der Waals surface area (Å²) in [5, 5.41) is 2.76. The van der Waals surface area contributed by atoms with Crippen LogP contribution in [0.1, 0.15) is 18.5 Å². The van der Waals surface area contributed by atoms with Crippen LogP contribution < -0.4 is 5.32 Å². The molecule has 0 aliphatic carbocycles. The van der Waals surface area contributed by atoms with Crippen LogP contribution in [0.15, 0.2) is 18.6 Å². The average molecular weight is 298 g/mol. The van der Waals surface area contributed by atoms with Crippen molar-refractivity contribution in [1.82, 2.24) is 19.6 Å². The minimum Gasteiger partial charge on any atom is -0.354 e. The predicted octanol–water partition coefficient (Wildman–Crippen LogP) is -0.441. The second kappa shape index (κ2) is 6.27. The number of hydrogen-bond donors (Lipinski definition) is 1. The summed E-state index contributed by atoms with van der Waals surface area (Å²) < 4.78 is 24.4. The number of amides is 1. The molecule has 0 aromatic carbocycles. The SMILES string of the molecule is CS(=O)(=O)N1CCC[C@H]1C(=O)NCCc1cnccn1. The van der Waals surface area contributed by atoms with E-state index in [0.717, 1.165) is 18.4 Å². The zero-order valence-electron chi connectivity index (χ0n) is 11.3. The molecule has 0 saturated carbocycles. The van der Waals surface area contributed by atoms with E-state index in [2.05, 4.69) is 15.3 Å². The molecule has 1 aliphatic heterocycles. The maximum absolute atomic E-state index is 12.0. The summed E-state index contributed by atoms with van der Waals surface area (Å²) >= 11 is 0. The van der Waals surface area contributed by atoms with Gasteiger partial charge in [0.2, 0.25) is 15.9 Å². The molecule has 1 N–H and O–H groups in total. The van der Waals surface area contributed by atoms with E-state index < -0.39 is 16.1 Å². The zero-order chi connectivity index (χ0) is 14.6. The van der Waals surface area contributed by atoms with Gasteiger partial charge in [-0.25, -0.2) is 8.42 Å². The average Bonchev–Trinajstić information content (AvgIpc) is 2.89. The second-order valence-corrected chi connectivity index (χ2v) is 6.70. The Morgan fingerprint density at radius 2 is 2.30 bits per heavy atom. The Morgan fingerprint density at radius 1 is 1.50 bits per heavy atom. The molecule has 1 aromatic heterocycles. The van der Waals surface area contributed by atoms with E-state index in [1.54, 1.807) is 18.6 Å². The molecule has 8 heteroatoms. The Labute approximate surface area is 118 Å². The van der Waals surface area contributed by atoms with Gasteiger partial charge < -0.3 is 5.32 Å². The number of carbonyl (C=O) groups is 1. The lowest BCUT2D eigenvalue weighted by Crippen LogP contribution is -2.45. The molecule has 2 rings (SSSR count). The summed E-state index contributed by atoms with van der Waals surface area (Å²) in [6.07, 6.45) is 7.83. The molecule has 0 spiro atoms. The summed E-state index contributed by atoms with van der Waals surface area (Å²) in [4.78, 5) is 20.1. The molecule has 1 amide bonds. The summed E-state index contributed by atoms with van der Waals surface area (Å²) in [6, 6.07) is -0.577. The van der Waals surface area contributed by atoms with Gasteiger partial charge in [-0.2, -0.15) is 4.31 Å². The van der Waals surface area contributed by atoms with Gasteiger partial charge in [0.05, 0.1) is 11.9 Å². The summed E-state index contributed by atoms with van der Waals surface area (Å²) in [6.45, 7) is 0.840. The van der Waals surface area contributed by atoms with E-state index in [1.165, 1.54) is 4.31 Å². The van der Waals surface area contributed by atoms with Gasteiger partial charge in [-0.1, -0.05) is 0 Å². The largest absolute Gasteiger partial charge is 0.354 e. The molecule has 1 aromatic rings. The predicted molar refractivity (Wildman–Crippen MR) is 73.3 cm³/mol.